The maximum absolute atomic E-state index is 10.9. The molecule has 0 aromatic heterocycles. The van der Waals surface area contributed by atoms with Gasteiger partial charge in [0.05, 0.1) is 6.54 Å². The molecule has 0 spiro atoms. The van der Waals surface area contributed by atoms with Crippen LogP contribution in [-0.4, -0.2) is 37.0 Å². The van der Waals surface area contributed by atoms with Gasteiger partial charge < -0.3 is 5.32 Å². The molecule has 0 unspecified atom stereocenters. The Balaban J connectivity index is 2.28. The molecule has 1 heterocycles. The smallest absolute Gasteiger partial charge is 0.234 e. The minimum atomic E-state index is 0.150. The molecular formula is C8H15N2O. The number of rotatable bonds is 2. The van der Waals surface area contributed by atoms with Gasteiger partial charge in [-0.05, 0) is 5.92 Å². The number of piperazine rings is 1. The Hall–Kier alpha value is -0.570. The van der Waals surface area contributed by atoms with Crippen molar-refractivity contribution in [3.05, 3.63) is 5.92 Å². The summed E-state index contributed by atoms with van der Waals surface area (Å²) >= 11 is 0. The van der Waals surface area contributed by atoms with E-state index in [2.05, 4.69) is 24.1 Å². The molecule has 11 heavy (non-hydrogen) atoms. The zero-order chi connectivity index (χ0) is 8.27. The van der Waals surface area contributed by atoms with Crippen molar-refractivity contribution in [2.75, 3.05) is 26.2 Å². The van der Waals surface area contributed by atoms with Gasteiger partial charge in [0.25, 0.3) is 0 Å². The Bertz CT molecular complexity index is 145. The van der Waals surface area contributed by atoms with Crippen LogP contribution >= 0.6 is 0 Å². The van der Waals surface area contributed by atoms with Crippen LogP contribution in [0.4, 0.5) is 0 Å². The fourth-order valence-corrected chi connectivity index (χ4v) is 1.27. The van der Waals surface area contributed by atoms with Crippen LogP contribution in [-0.2, 0) is 4.79 Å². The molecule has 1 rings (SSSR count). The molecule has 3 heteroatoms. The van der Waals surface area contributed by atoms with E-state index in [0.29, 0.717) is 6.54 Å². The fourth-order valence-electron chi connectivity index (χ4n) is 1.27. The third-order valence-corrected chi connectivity index (χ3v) is 1.66. The van der Waals surface area contributed by atoms with E-state index in [0.717, 1.165) is 19.6 Å². The Kier molecular flexibility index (Phi) is 2.88. The fraction of sp³-hybridized carbons (Fsp3) is 0.750. The summed E-state index contributed by atoms with van der Waals surface area (Å²) < 4.78 is 0. The molecule has 0 saturated carbocycles. The molecule has 0 aliphatic carbocycles. The van der Waals surface area contributed by atoms with E-state index in [9.17, 15) is 4.79 Å². The third kappa shape index (κ3) is 2.89. The zero-order valence-corrected chi connectivity index (χ0v) is 7.18. The topological polar surface area (TPSA) is 32.3 Å². The predicted molar refractivity (Wildman–Crippen MR) is 44.0 cm³/mol. The minimum Gasteiger partial charge on any atom is -0.354 e. The number of hydrogen-bond donors (Lipinski definition) is 1. The summed E-state index contributed by atoms with van der Waals surface area (Å²) in [6.07, 6.45) is 0. The number of amides is 1. The molecule has 1 aliphatic heterocycles. The minimum absolute atomic E-state index is 0.150. The van der Waals surface area contributed by atoms with Crippen molar-refractivity contribution in [2.24, 2.45) is 0 Å². The van der Waals surface area contributed by atoms with Gasteiger partial charge in [0.2, 0.25) is 5.91 Å². The van der Waals surface area contributed by atoms with E-state index in [1.165, 1.54) is 5.92 Å². The molecule has 0 aromatic carbocycles. The lowest BCUT2D eigenvalue weighted by atomic mass is 10.2. The maximum Gasteiger partial charge on any atom is 0.234 e. The second-order valence-corrected chi connectivity index (χ2v) is 3.27. The van der Waals surface area contributed by atoms with Gasteiger partial charge in [-0.15, -0.1) is 0 Å². The number of carbonyl (C=O) groups is 1. The second-order valence-electron chi connectivity index (χ2n) is 3.27. The summed E-state index contributed by atoms with van der Waals surface area (Å²) in [4.78, 5) is 13.1. The van der Waals surface area contributed by atoms with Crippen molar-refractivity contribution in [3.8, 4) is 0 Å². The summed E-state index contributed by atoms with van der Waals surface area (Å²) in [5, 5.41) is 2.80. The molecule has 1 N–H and O–H groups in total. The van der Waals surface area contributed by atoms with Crippen LogP contribution in [0, 0.1) is 5.92 Å². The van der Waals surface area contributed by atoms with Gasteiger partial charge in [-0.2, -0.15) is 0 Å². The van der Waals surface area contributed by atoms with E-state index in [-0.39, 0.29) is 5.91 Å². The van der Waals surface area contributed by atoms with Gasteiger partial charge in [-0.25, -0.2) is 0 Å². The Morgan fingerprint density at radius 3 is 2.91 bits per heavy atom. The highest BCUT2D eigenvalue weighted by molar-refractivity contribution is 5.78. The monoisotopic (exact) mass is 155 g/mol. The highest BCUT2D eigenvalue weighted by Crippen LogP contribution is 2.01. The van der Waals surface area contributed by atoms with Crippen LogP contribution in [0.5, 0.6) is 0 Å². The van der Waals surface area contributed by atoms with Crippen LogP contribution < -0.4 is 5.32 Å². The van der Waals surface area contributed by atoms with Crippen LogP contribution in [0.15, 0.2) is 0 Å². The second kappa shape index (κ2) is 3.72. The number of carbonyl (C=O) groups excluding carboxylic acids is 1. The largest absolute Gasteiger partial charge is 0.354 e. The lowest BCUT2D eigenvalue weighted by Crippen LogP contribution is -2.48. The quantitative estimate of drug-likeness (QED) is 0.610. The van der Waals surface area contributed by atoms with E-state index in [1.807, 2.05) is 0 Å². The summed E-state index contributed by atoms with van der Waals surface area (Å²) in [7, 11) is 0. The normalized spacial score (nSPS) is 20.5. The summed E-state index contributed by atoms with van der Waals surface area (Å²) in [5.74, 6) is 1.51. The molecular weight excluding hydrogens is 140 g/mol. The molecule has 0 atom stereocenters. The molecule has 1 radical (unpaired) electrons. The first-order chi connectivity index (χ1) is 5.18. The van der Waals surface area contributed by atoms with Crippen molar-refractivity contribution < 1.29 is 4.79 Å². The average molecular weight is 155 g/mol. The molecule has 3 nitrogen and oxygen atoms in total. The highest BCUT2D eigenvalue weighted by atomic mass is 16.2. The predicted octanol–water partition coefficient (Wildman–Crippen LogP) is 0.0325. The maximum atomic E-state index is 10.9. The SMILES string of the molecule is C[C](C)CN1CCNC(=O)C1. The number of hydrogen-bond acceptors (Lipinski definition) is 2. The molecule has 1 aliphatic rings. The number of nitrogens with zero attached hydrogens (tertiary/aromatic N) is 1. The van der Waals surface area contributed by atoms with Crippen LogP contribution in [0.2, 0.25) is 0 Å². The van der Waals surface area contributed by atoms with Crippen LogP contribution in [0.3, 0.4) is 0 Å². The van der Waals surface area contributed by atoms with E-state index in [1.54, 1.807) is 0 Å². The standard InChI is InChI=1S/C8H15N2O/c1-7(2)5-10-4-3-9-8(11)6-10/h3-6H2,1-2H3,(H,9,11). The number of nitrogens with one attached hydrogen (secondary N) is 1. The van der Waals surface area contributed by atoms with Crippen LogP contribution in [0.1, 0.15) is 13.8 Å². The first-order valence-corrected chi connectivity index (χ1v) is 3.96. The van der Waals surface area contributed by atoms with Crippen molar-refractivity contribution in [2.45, 2.75) is 13.8 Å². The molecule has 0 aromatic rings. The van der Waals surface area contributed by atoms with Crippen molar-refractivity contribution in [3.63, 3.8) is 0 Å². The molecule has 1 saturated heterocycles. The van der Waals surface area contributed by atoms with Gasteiger partial charge in [0, 0.05) is 19.6 Å². The lowest BCUT2D eigenvalue weighted by molar-refractivity contribution is -0.123. The molecule has 1 amide bonds. The van der Waals surface area contributed by atoms with Crippen molar-refractivity contribution in [1.29, 1.82) is 0 Å². The first kappa shape index (κ1) is 8.53. The summed E-state index contributed by atoms with van der Waals surface area (Å²) in [6.45, 7) is 7.47. The third-order valence-electron chi connectivity index (χ3n) is 1.66. The highest BCUT2D eigenvalue weighted by Gasteiger charge is 2.16. The molecule has 1 fully saturated rings. The molecule has 63 valence electrons. The van der Waals surface area contributed by atoms with Gasteiger partial charge in [-0.3, -0.25) is 9.69 Å². The molecule has 0 bridgehead atoms. The van der Waals surface area contributed by atoms with Gasteiger partial charge in [0.15, 0.2) is 0 Å². The van der Waals surface area contributed by atoms with E-state index < -0.39 is 0 Å². The van der Waals surface area contributed by atoms with Crippen molar-refractivity contribution in [1.82, 2.24) is 10.2 Å². The van der Waals surface area contributed by atoms with E-state index >= 15 is 0 Å². The lowest BCUT2D eigenvalue weighted by Gasteiger charge is -2.27. The van der Waals surface area contributed by atoms with Gasteiger partial charge in [0.1, 0.15) is 0 Å². The van der Waals surface area contributed by atoms with Crippen LogP contribution in [0.25, 0.3) is 0 Å². The van der Waals surface area contributed by atoms with Gasteiger partial charge >= 0.3 is 0 Å². The Morgan fingerprint density at radius 1 is 1.64 bits per heavy atom. The Morgan fingerprint density at radius 2 is 2.36 bits per heavy atom. The summed E-state index contributed by atoms with van der Waals surface area (Å²) in [6, 6.07) is 0. The summed E-state index contributed by atoms with van der Waals surface area (Å²) in [5.41, 5.74) is 0. The average Bonchev–Trinajstić information content (AvgIpc) is 1.85. The first-order valence-electron chi connectivity index (χ1n) is 3.96. The Labute approximate surface area is 67.8 Å². The zero-order valence-electron chi connectivity index (χ0n) is 7.18. The van der Waals surface area contributed by atoms with E-state index in [4.69, 9.17) is 0 Å². The van der Waals surface area contributed by atoms with Crippen molar-refractivity contribution >= 4 is 5.91 Å². The van der Waals surface area contributed by atoms with Gasteiger partial charge in [-0.1, -0.05) is 13.8 Å².